The number of halogens is 1. The summed E-state index contributed by atoms with van der Waals surface area (Å²) in [5.74, 6) is 0. The van der Waals surface area contributed by atoms with Gasteiger partial charge in [-0.1, -0.05) is 35.9 Å². The highest BCUT2D eigenvalue weighted by molar-refractivity contribution is 6.30. The van der Waals surface area contributed by atoms with Gasteiger partial charge in [0.1, 0.15) is 6.29 Å². The summed E-state index contributed by atoms with van der Waals surface area (Å²) in [6.07, 6.45) is 7.38. The van der Waals surface area contributed by atoms with Crippen molar-refractivity contribution in [3.05, 3.63) is 47.0 Å². The fourth-order valence-electron chi connectivity index (χ4n) is 1.12. The Morgan fingerprint density at radius 2 is 1.79 bits per heavy atom. The molecule has 0 saturated carbocycles. The highest BCUT2D eigenvalue weighted by atomic mass is 35.5. The second-order valence-corrected chi connectivity index (χ2v) is 3.48. The molecule has 0 amide bonds. The van der Waals surface area contributed by atoms with Crippen molar-refractivity contribution < 1.29 is 4.79 Å². The summed E-state index contributed by atoms with van der Waals surface area (Å²) >= 11 is 5.76. The third-order valence-corrected chi connectivity index (χ3v) is 2.14. The summed E-state index contributed by atoms with van der Waals surface area (Å²) in [5, 5.41) is 0.763. The van der Waals surface area contributed by atoms with E-state index in [4.69, 9.17) is 11.6 Å². The van der Waals surface area contributed by atoms with E-state index in [1.165, 1.54) is 5.56 Å². The molecule has 0 heterocycles. The maximum absolute atomic E-state index is 10.0. The lowest BCUT2D eigenvalue weighted by molar-refractivity contribution is -0.107. The van der Waals surface area contributed by atoms with Gasteiger partial charge in [-0.15, -0.1) is 0 Å². The fourth-order valence-corrected chi connectivity index (χ4v) is 1.25. The minimum absolute atomic E-state index is 0.608. The predicted octanol–water partition coefficient (Wildman–Crippen LogP) is 3.42. The molecule has 0 aliphatic carbocycles. The van der Waals surface area contributed by atoms with Crippen LogP contribution in [0.15, 0.2) is 36.4 Å². The molecule has 0 fully saturated rings. The third-order valence-electron chi connectivity index (χ3n) is 1.88. The Kier molecular flexibility index (Phi) is 5.02. The van der Waals surface area contributed by atoms with Crippen molar-refractivity contribution in [3.8, 4) is 0 Å². The van der Waals surface area contributed by atoms with Gasteiger partial charge in [0.05, 0.1) is 0 Å². The van der Waals surface area contributed by atoms with E-state index in [9.17, 15) is 4.79 Å². The molecule has 0 saturated heterocycles. The summed E-state index contributed by atoms with van der Waals surface area (Å²) in [6, 6.07) is 7.78. The van der Waals surface area contributed by atoms with E-state index < -0.39 is 0 Å². The molecule has 0 aromatic heterocycles. The number of hydrogen-bond donors (Lipinski definition) is 0. The minimum Gasteiger partial charge on any atom is -0.303 e. The fraction of sp³-hybridized carbons (Fsp3) is 0.250. The molecule has 1 nitrogen and oxygen atoms in total. The first-order valence-electron chi connectivity index (χ1n) is 4.66. The Balaban J connectivity index is 2.34. The van der Waals surface area contributed by atoms with E-state index >= 15 is 0 Å². The monoisotopic (exact) mass is 208 g/mol. The van der Waals surface area contributed by atoms with Crippen molar-refractivity contribution in [1.29, 1.82) is 0 Å². The van der Waals surface area contributed by atoms with Crippen molar-refractivity contribution in [2.75, 3.05) is 0 Å². The largest absolute Gasteiger partial charge is 0.303 e. The van der Waals surface area contributed by atoms with Crippen molar-refractivity contribution in [2.45, 2.75) is 19.3 Å². The molecule has 1 aromatic carbocycles. The summed E-state index contributed by atoms with van der Waals surface area (Å²) in [6.45, 7) is 0. The van der Waals surface area contributed by atoms with Crippen molar-refractivity contribution >= 4 is 17.9 Å². The van der Waals surface area contributed by atoms with Crippen LogP contribution in [0.5, 0.6) is 0 Å². The van der Waals surface area contributed by atoms with Crippen LogP contribution in [0.2, 0.25) is 5.02 Å². The van der Waals surface area contributed by atoms with Gasteiger partial charge in [-0.2, -0.15) is 0 Å². The van der Waals surface area contributed by atoms with E-state index in [1.54, 1.807) is 0 Å². The number of rotatable bonds is 5. The summed E-state index contributed by atoms with van der Waals surface area (Å²) in [7, 11) is 0. The second-order valence-electron chi connectivity index (χ2n) is 3.05. The summed E-state index contributed by atoms with van der Waals surface area (Å²) in [5.41, 5.74) is 1.23. The van der Waals surface area contributed by atoms with Crippen LogP contribution in [0, 0.1) is 0 Å². The quantitative estimate of drug-likeness (QED) is 0.412. The Hall–Kier alpha value is -1.08. The third kappa shape index (κ3) is 4.24. The molecule has 0 atom stereocenters. The van der Waals surface area contributed by atoms with Gasteiger partial charge in [-0.3, -0.25) is 0 Å². The maximum atomic E-state index is 10.0. The average molecular weight is 209 g/mol. The molecule has 2 heteroatoms. The Bertz CT molecular complexity index is 301. The second kappa shape index (κ2) is 6.39. The molecule has 74 valence electrons. The number of benzene rings is 1. The summed E-state index contributed by atoms with van der Waals surface area (Å²) < 4.78 is 0. The molecule has 0 unspecified atom stereocenters. The van der Waals surface area contributed by atoms with Crippen LogP contribution < -0.4 is 0 Å². The van der Waals surface area contributed by atoms with Crippen molar-refractivity contribution in [3.63, 3.8) is 0 Å². The smallest absolute Gasteiger partial charge is 0.120 e. The van der Waals surface area contributed by atoms with Crippen LogP contribution in [0.25, 0.3) is 0 Å². The zero-order chi connectivity index (χ0) is 10.2. The zero-order valence-electron chi connectivity index (χ0n) is 7.95. The van der Waals surface area contributed by atoms with Gasteiger partial charge in [0.2, 0.25) is 0 Å². The normalized spacial score (nSPS) is 10.6. The van der Waals surface area contributed by atoms with Gasteiger partial charge in [-0.25, -0.2) is 0 Å². The SMILES string of the molecule is O=CCC/C=C/Cc1ccc(Cl)cc1. The van der Waals surface area contributed by atoms with Crippen LogP contribution >= 0.6 is 11.6 Å². The van der Waals surface area contributed by atoms with Gasteiger partial charge < -0.3 is 4.79 Å². The Morgan fingerprint density at radius 3 is 2.43 bits per heavy atom. The van der Waals surface area contributed by atoms with Gasteiger partial charge in [-0.05, 0) is 30.5 Å². The maximum Gasteiger partial charge on any atom is 0.120 e. The zero-order valence-corrected chi connectivity index (χ0v) is 8.70. The first kappa shape index (κ1) is 11.0. The highest BCUT2D eigenvalue weighted by Crippen LogP contribution is 2.10. The van der Waals surface area contributed by atoms with E-state index in [-0.39, 0.29) is 0 Å². The number of carbonyl (C=O) groups excluding carboxylic acids is 1. The Labute approximate surface area is 89.4 Å². The van der Waals surface area contributed by atoms with Crippen LogP contribution in [-0.2, 0) is 11.2 Å². The van der Waals surface area contributed by atoms with Crippen molar-refractivity contribution in [2.24, 2.45) is 0 Å². The number of aldehydes is 1. The van der Waals surface area contributed by atoms with Gasteiger partial charge >= 0.3 is 0 Å². The highest BCUT2D eigenvalue weighted by Gasteiger charge is 1.89. The molecule has 0 bridgehead atoms. The lowest BCUT2D eigenvalue weighted by Crippen LogP contribution is -1.79. The van der Waals surface area contributed by atoms with E-state index in [2.05, 4.69) is 6.08 Å². The molecular formula is C12H13ClO. The van der Waals surface area contributed by atoms with E-state index in [0.29, 0.717) is 6.42 Å². The molecule has 0 radical (unpaired) electrons. The van der Waals surface area contributed by atoms with Crippen LogP contribution in [0.4, 0.5) is 0 Å². The average Bonchev–Trinajstić information content (AvgIpc) is 2.21. The van der Waals surface area contributed by atoms with Crippen LogP contribution in [-0.4, -0.2) is 6.29 Å². The number of unbranched alkanes of at least 4 members (excludes halogenated alkanes) is 1. The lowest BCUT2D eigenvalue weighted by Gasteiger charge is -1.95. The number of carbonyl (C=O) groups is 1. The first-order chi connectivity index (χ1) is 6.83. The first-order valence-corrected chi connectivity index (χ1v) is 5.04. The van der Waals surface area contributed by atoms with Crippen LogP contribution in [0.3, 0.4) is 0 Å². The standard InChI is InChI=1S/C12H13ClO/c13-12-8-6-11(7-9-12)5-3-1-2-4-10-14/h1,3,6-10H,2,4-5H2/b3-1+. The molecule has 1 rings (SSSR count). The molecular weight excluding hydrogens is 196 g/mol. The Morgan fingerprint density at radius 1 is 1.07 bits per heavy atom. The number of allylic oxidation sites excluding steroid dienone is 2. The van der Waals surface area contributed by atoms with E-state index in [0.717, 1.165) is 24.2 Å². The molecule has 1 aromatic rings. The molecule has 0 N–H and O–H groups in total. The molecule has 0 spiro atoms. The van der Waals surface area contributed by atoms with Gasteiger partial charge in [0.25, 0.3) is 0 Å². The van der Waals surface area contributed by atoms with Gasteiger partial charge in [0.15, 0.2) is 0 Å². The van der Waals surface area contributed by atoms with Crippen molar-refractivity contribution in [1.82, 2.24) is 0 Å². The molecule has 14 heavy (non-hydrogen) atoms. The minimum atomic E-state index is 0.608. The molecule has 0 aliphatic rings. The lowest BCUT2D eigenvalue weighted by atomic mass is 10.1. The van der Waals surface area contributed by atoms with E-state index in [1.807, 2.05) is 30.3 Å². The summed E-state index contributed by atoms with van der Waals surface area (Å²) in [4.78, 5) is 10.0. The number of hydrogen-bond acceptors (Lipinski definition) is 1. The van der Waals surface area contributed by atoms with Gasteiger partial charge in [0, 0.05) is 11.4 Å². The predicted molar refractivity (Wildman–Crippen MR) is 59.6 cm³/mol. The van der Waals surface area contributed by atoms with Crippen LogP contribution in [0.1, 0.15) is 18.4 Å². The topological polar surface area (TPSA) is 17.1 Å². The molecule has 0 aliphatic heterocycles.